The van der Waals surface area contributed by atoms with Crippen molar-refractivity contribution in [2.75, 3.05) is 12.4 Å². The molecular weight excluding hydrogens is 224 g/mol. The smallest absolute Gasteiger partial charge is 0.142 e. The van der Waals surface area contributed by atoms with Crippen LogP contribution in [0, 0.1) is 0 Å². The number of benzene rings is 1. The van der Waals surface area contributed by atoms with Crippen LogP contribution < -0.4 is 15.8 Å². The van der Waals surface area contributed by atoms with E-state index in [1.165, 1.54) is 38.5 Å². The second kappa shape index (κ2) is 6.64. The van der Waals surface area contributed by atoms with E-state index in [9.17, 15) is 0 Å². The normalized spacial score (nSPS) is 17.2. The van der Waals surface area contributed by atoms with E-state index in [1.807, 2.05) is 12.1 Å². The summed E-state index contributed by atoms with van der Waals surface area (Å²) in [5, 5.41) is 3.65. The molecule has 1 fully saturated rings. The molecule has 1 saturated carbocycles. The highest BCUT2D eigenvalue weighted by Crippen LogP contribution is 2.31. The van der Waals surface area contributed by atoms with Gasteiger partial charge in [0.15, 0.2) is 0 Å². The number of rotatable bonds is 4. The van der Waals surface area contributed by atoms with Gasteiger partial charge in [-0.15, -0.1) is 0 Å². The van der Waals surface area contributed by atoms with E-state index in [0.717, 1.165) is 17.0 Å². The zero-order chi connectivity index (χ0) is 12.8. The fraction of sp³-hybridized carbons (Fsp3) is 0.600. The summed E-state index contributed by atoms with van der Waals surface area (Å²) < 4.78 is 5.44. The number of anilines is 1. The molecule has 0 aromatic heterocycles. The molecule has 3 N–H and O–H groups in total. The standard InChI is InChI=1S/C15H24N2O/c1-18-14-10-6-7-12(11-16)15(14)17-13-8-4-2-3-5-9-13/h6-7,10,13,17H,2-5,8-9,11,16H2,1H3. The van der Waals surface area contributed by atoms with Gasteiger partial charge in [-0.1, -0.05) is 37.8 Å². The van der Waals surface area contributed by atoms with E-state index in [-0.39, 0.29) is 0 Å². The maximum Gasteiger partial charge on any atom is 0.142 e. The average molecular weight is 248 g/mol. The molecule has 0 unspecified atom stereocenters. The minimum atomic E-state index is 0.548. The number of hydrogen-bond donors (Lipinski definition) is 2. The zero-order valence-corrected chi connectivity index (χ0v) is 11.2. The van der Waals surface area contributed by atoms with Crippen molar-refractivity contribution in [2.24, 2.45) is 5.73 Å². The average Bonchev–Trinajstić information content (AvgIpc) is 2.67. The Morgan fingerprint density at radius 1 is 1.22 bits per heavy atom. The van der Waals surface area contributed by atoms with Gasteiger partial charge in [0.05, 0.1) is 12.8 Å². The third-order valence-corrected chi connectivity index (χ3v) is 3.76. The minimum absolute atomic E-state index is 0.548. The maximum absolute atomic E-state index is 5.81. The number of nitrogens with one attached hydrogen (secondary N) is 1. The van der Waals surface area contributed by atoms with Crippen molar-refractivity contribution in [3.05, 3.63) is 23.8 Å². The van der Waals surface area contributed by atoms with E-state index in [0.29, 0.717) is 12.6 Å². The van der Waals surface area contributed by atoms with Gasteiger partial charge in [0.2, 0.25) is 0 Å². The van der Waals surface area contributed by atoms with Gasteiger partial charge in [-0.3, -0.25) is 0 Å². The Morgan fingerprint density at radius 3 is 2.56 bits per heavy atom. The van der Waals surface area contributed by atoms with E-state index in [2.05, 4.69) is 11.4 Å². The van der Waals surface area contributed by atoms with Gasteiger partial charge in [-0.25, -0.2) is 0 Å². The SMILES string of the molecule is COc1cccc(CN)c1NC1CCCCCC1. The van der Waals surface area contributed by atoms with Gasteiger partial charge in [0.1, 0.15) is 5.75 Å². The largest absolute Gasteiger partial charge is 0.495 e. The molecule has 0 heterocycles. The van der Waals surface area contributed by atoms with Crippen LogP contribution in [-0.4, -0.2) is 13.2 Å². The Balaban J connectivity index is 2.15. The molecular formula is C15H24N2O. The van der Waals surface area contributed by atoms with Gasteiger partial charge in [-0.2, -0.15) is 0 Å². The Hall–Kier alpha value is -1.22. The van der Waals surface area contributed by atoms with Crippen LogP contribution in [-0.2, 0) is 6.54 Å². The lowest BCUT2D eigenvalue weighted by molar-refractivity contribution is 0.415. The van der Waals surface area contributed by atoms with Crippen LogP contribution in [0.5, 0.6) is 5.75 Å². The van der Waals surface area contributed by atoms with Gasteiger partial charge >= 0.3 is 0 Å². The first-order chi connectivity index (χ1) is 8.85. The molecule has 1 aliphatic rings. The lowest BCUT2D eigenvalue weighted by Gasteiger charge is -2.21. The molecule has 3 heteroatoms. The minimum Gasteiger partial charge on any atom is -0.495 e. The van der Waals surface area contributed by atoms with E-state index in [1.54, 1.807) is 7.11 Å². The van der Waals surface area contributed by atoms with Crippen molar-refractivity contribution >= 4 is 5.69 Å². The number of ether oxygens (including phenoxy) is 1. The van der Waals surface area contributed by atoms with E-state index in [4.69, 9.17) is 10.5 Å². The molecule has 0 amide bonds. The van der Waals surface area contributed by atoms with Crippen LogP contribution in [0.2, 0.25) is 0 Å². The third kappa shape index (κ3) is 3.16. The highest BCUT2D eigenvalue weighted by atomic mass is 16.5. The topological polar surface area (TPSA) is 47.3 Å². The molecule has 3 nitrogen and oxygen atoms in total. The van der Waals surface area contributed by atoms with E-state index >= 15 is 0 Å². The molecule has 0 bridgehead atoms. The van der Waals surface area contributed by atoms with Crippen LogP contribution in [0.4, 0.5) is 5.69 Å². The fourth-order valence-corrected chi connectivity index (χ4v) is 2.71. The lowest BCUT2D eigenvalue weighted by Crippen LogP contribution is -2.20. The summed E-state index contributed by atoms with van der Waals surface area (Å²) in [5.74, 6) is 0.905. The summed E-state index contributed by atoms with van der Waals surface area (Å²) in [6.07, 6.45) is 7.89. The number of para-hydroxylation sites is 1. The molecule has 2 rings (SSSR count). The van der Waals surface area contributed by atoms with E-state index < -0.39 is 0 Å². The summed E-state index contributed by atoms with van der Waals surface area (Å²) >= 11 is 0. The molecule has 0 saturated heterocycles. The zero-order valence-electron chi connectivity index (χ0n) is 11.2. The maximum atomic E-state index is 5.81. The van der Waals surface area contributed by atoms with Crippen LogP contribution >= 0.6 is 0 Å². The molecule has 18 heavy (non-hydrogen) atoms. The summed E-state index contributed by atoms with van der Waals surface area (Å²) in [5.41, 5.74) is 8.04. The van der Waals surface area contributed by atoms with Crippen molar-refractivity contribution < 1.29 is 4.74 Å². The highest BCUT2D eigenvalue weighted by molar-refractivity contribution is 5.62. The van der Waals surface area contributed by atoms with Gasteiger partial charge in [0, 0.05) is 12.6 Å². The Labute approximate surface area is 110 Å². The molecule has 1 aromatic rings. The third-order valence-electron chi connectivity index (χ3n) is 3.76. The van der Waals surface area contributed by atoms with Crippen molar-refractivity contribution in [1.82, 2.24) is 0 Å². The first-order valence-corrected chi connectivity index (χ1v) is 6.97. The van der Waals surface area contributed by atoms with Gasteiger partial charge in [0.25, 0.3) is 0 Å². The quantitative estimate of drug-likeness (QED) is 0.804. The first kappa shape index (κ1) is 13.2. The molecule has 0 atom stereocenters. The Bertz CT molecular complexity index is 349. The molecule has 1 aromatic carbocycles. The lowest BCUT2D eigenvalue weighted by atomic mass is 10.1. The Kier molecular flexibility index (Phi) is 4.88. The van der Waals surface area contributed by atoms with Crippen LogP contribution in [0.1, 0.15) is 44.1 Å². The predicted octanol–water partition coefficient (Wildman–Crippen LogP) is 3.29. The van der Waals surface area contributed by atoms with Crippen LogP contribution in [0.15, 0.2) is 18.2 Å². The molecule has 100 valence electrons. The van der Waals surface area contributed by atoms with Crippen molar-refractivity contribution in [3.8, 4) is 5.75 Å². The van der Waals surface area contributed by atoms with Gasteiger partial charge in [-0.05, 0) is 24.5 Å². The van der Waals surface area contributed by atoms with Crippen molar-refractivity contribution in [1.29, 1.82) is 0 Å². The van der Waals surface area contributed by atoms with Crippen molar-refractivity contribution in [3.63, 3.8) is 0 Å². The molecule has 0 radical (unpaired) electrons. The Morgan fingerprint density at radius 2 is 1.94 bits per heavy atom. The molecule has 0 aliphatic heterocycles. The number of hydrogen-bond acceptors (Lipinski definition) is 3. The monoisotopic (exact) mass is 248 g/mol. The van der Waals surface area contributed by atoms with Crippen LogP contribution in [0.25, 0.3) is 0 Å². The summed E-state index contributed by atoms with van der Waals surface area (Å²) in [7, 11) is 1.72. The molecule has 1 aliphatic carbocycles. The van der Waals surface area contributed by atoms with Crippen molar-refractivity contribution in [2.45, 2.75) is 51.1 Å². The summed E-state index contributed by atoms with van der Waals surface area (Å²) in [4.78, 5) is 0. The number of nitrogens with two attached hydrogens (primary N) is 1. The molecule has 0 spiro atoms. The summed E-state index contributed by atoms with van der Waals surface area (Å²) in [6, 6.07) is 6.63. The van der Waals surface area contributed by atoms with Gasteiger partial charge < -0.3 is 15.8 Å². The number of methoxy groups -OCH3 is 1. The summed E-state index contributed by atoms with van der Waals surface area (Å²) in [6.45, 7) is 0.548. The fourth-order valence-electron chi connectivity index (χ4n) is 2.71. The second-order valence-electron chi connectivity index (χ2n) is 5.03. The van der Waals surface area contributed by atoms with Crippen LogP contribution in [0.3, 0.4) is 0 Å². The highest BCUT2D eigenvalue weighted by Gasteiger charge is 2.15. The predicted molar refractivity (Wildman–Crippen MR) is 76.0 cm³/mol. The second-order valence-corrected chi connectivity index (χ2v) is 5.03. The first-order valence-electron chi connectivity index (χ1n) is 6.97.